The molecule has 19 heavy (non-hydrogen) atoms. The number of nitrogens with one attached hydrogen (secondary N) is 2. The molecule has 0 spiro atoms. The van der Waals surface area contributed by atoms with E-state index in [1.54, 1.807) is 0 Å². The molecule has 0 aromatic carbocycles. The smallest absolute Gasteiger partial charge is 0.245 e. The third kappa shape index (κ3) is 2.65. The summed E-state index contributed by atoms with van der Waals surface area (Å²) in [5, 5.41) is 16.1. The SMILES string of the molecule is Cc1sc(NC(=O)C2(C)CCCCN2)c(C#N)c1C. The van der Waals surface area contributed by atoms with Crippen LogP contribution in [0.3, 0.4) is 0 Å². The molecule has 1 aromatic rings. The molecule has 4 nitrogen and oxygen atoms in total. The van der Waals surface area contributed by atoms with E-state index < -0.39 is 5.54 Å². The van der Waals surface area contributed by atoms with Crippen LogP contribution < -0.4 is 10.6 Å². The average molecular weight is 277 g/mol. The second-order valence-corrected chi connectivity index (χ2v) is 6.49. The highest BCUT2D eigenvalue weighted by Gasteiger charge is 2.34. The summed E-state index contributed by atoms with van der Waals surface area (Å²) in [6.07, 6.45) is 3.01. The molecule has 1 atom stereocenters. The Hall–Kier alpha value is -1.38. The van der Waals surface area contributed by atoms with E-state index in [2.05, 4.69) is 16.7 Å². The van der Waals surface area contributed by atoms with Crippen molar-refractivity contribution in [1.29, 1.82) is 5.26 Å². The molecule has 2 heterocycles. The Bertz CT molecular complexity index is 536. The molecule has 1 saturated heterocycles. The van der Waals surface area contributed by atoms with Gasteiger partial charge in [-0.3, -0.25) is 4.79 Å². The number of rotatable bonds is 2. The summed E-state index contributed by atoms with van der Waals surface area (Å²) in [6.45, 7) is 6.69. The maximum Gasteiger partial charge on any atom is 0.245 e. The van der Waals surface area contributed by atoms with E-state index >= 15 is 0 Å². The topological polar surface area (TPSA) is 64.9 Å². The van der Waals surface area contributed by atoms with Crippen LogP contribution in [0.15, 0.2) is 0 Å². The van der Waals surface area contributed by atoms with Gasteiger partial charge in [0.15, 0.2) is 0 Å². The minimum Gasteiger partial charge on any atom is -0.315 e. The standard InChI is InChI=1S/C14H19N3OS/c1-9-10(2)19-12(11(9)8-15)17-13(18)14(3)6-4-5-7-16-14/h16H,4-7H2,1-3H3,(H,17,18). The molecule has 0 saturated carbocycles. The van der Waals surface area contributed by atoms with E-state index in [0.29, 0.717) is 10.6 Å². The number of nitrogens with zero attached hydrogens (tertiary/aromatic N) is 1. The van der Waals surface area contributed by atoms with Crippen LogP contribution in [-0.4, -0.2) is 18.0 Å². The largest absolute Gasteiger partial charge is 0.315 e. The van der Waals surface area contributed by atoms with Crippen LogP contribution >= 0.6 is 11.3 Å². The number of aryl methyl sites for hydroxylation is 1. The van der Waals surface area contributed by atoms with E-state index in [1.165, 1.54) is 11.3 Å². The van der Waals surface area contributed by atoms with Gasteiger partial charge >= 0.3 is 0 Å². The molecule has 1 unspecified atom stereocenters. The van der Waals surface area contributed by atoms with Crippen LogP contribution in [0.25, 0.3) is 0 Å². The van der Waals surface area contributed by atoms with Gasteiger partial charge in [0.25, 0.3) is 0 Å². The highest BCUT2D eigenvalue weighted by molar-refractivity contribution is 7.16. The molecular formula is C14H19N3OS. The molecule has 5 heteroatoms. The minimum atomic E-state index is -0.517. The molecule has 1 aliphatic heterocycles. The lowest BCUT2D eigenvalue weighted by Gasteiger charge is -2.33. The molecule has 2 N–H and O–H groups in total. The van der Waals surface area contributed by atoms with Gasteiger partial charge in [-0.2, -0.15) is 5.26 Å². The van der Waals surface area contributed by atoms with Gasteiger partial charge in [-0.15, -0.1) is 11.3 Å². The summed E-state index contributed by atoms with van der Waals surface area (Å²) in [7, 11) is 0. The Morgan fingerprint density at radius 3 is 2.79 bits per heavy atom. The summed E-state index contributed by atoms with van der Waals surface area (Å²) < 4.78 is 0. The third-order valence-electron chi connectivity index (χ3n) is 3.84. The summed E-state index contributed by atoms with van der Waals surface area (Å²) in [5.41, 5.74) is 1.04. The van der Waals surface area contributed by atoms with Gasteiger partial charge < -0.3 is 10.6 Å². The first kappa shape index (κ1) is 14.0. The minimum absolute atomic E-state index is 0.0371. The molecular weight excluding hydrogens is 258 g/mol. The van der Waals surface area contributed by atoms with Gasteiger partial charge in [0.2, 0.25) is 5.91 Å². The van der Waals surface area contributed by atoms with Crippen LogP contribution in [0.4, 0.5) is 5.00 Å². The number of hydrogen-bond donors (Lipinski definition) is 2. The fourth-order valence-electron chi connectivity index (χ4n) is 2.34. The van der Waals surface area contributed by atoms with Gasteiger partial charge in [-0.25, -0.2) is 0 Å². The predicted octanol–water partition coefficient (Wildman–Crippen LogP) is 2.71. The Balaban J connectivity index is 2.20. The van der Waals surface area contributed by atoms with Gasteiger partial charge in [0.05, 0.1) is 11.1 Å². The van der Waals surface area contributed by atoms with Crippen molar-refractivity contribution in [2.24, 2.45) is 0 Å². The number of amides is 1. The van der Waals surface area contributed by atoms with Crippen molar-refractivity contribution in [2.75, 3.05) is 11.9 Å². The van der Waals surface area contributed by atoms with Gasteiger partial charge in [-0.05, 0) is 52.1 Å². The van der Waals surface area contributed by atoms with Crippen LogP contribution in [-0.2, 0) is 4.79 Å². The lowest BCUT2D eigenvalue weighted by Crippen LogP contribution is -2.54. The van der Waals surface area contributed by atoms with E-state index in [4.69, 9.17) is 0 Å². The fourth-order valence-corrected chi connectivity index (χ4v) is 3.35. The molecule has 2 rings (SSSR count). The average Bonchev–Trinajstić information content (AvgIpc) is 2.65. The van der Waals surface area contributed by atoms with Crippen LogP contribution in [0, 0.1) is 25.2 Å². The Labute approximate surface area is 117 Å². The van der Waals surface area contributed by atoms with Gasteiger partial charge in [0, 0.05) is 4.88 Å². The normalized spacial score (nSPS) is 22.8. The zero-order valence-electron chi connectivity index (χ0n) is 11.6. The quantitative estimate of drug-likeness (QED) is 0.873. The Morgan fingerprint density at radius 1 is 1.47 bits per heavy atom. The maximum atomic E-state index is 12.4. The number of anilines is 1. The van der Waals surface area contributed by atoms with Crippen LogP contribution in [0.1, 0.15) is 42.2 Å². The van der Waals surface area contributed by atoms with Crippen LogP contribution in [0.2, 0.25) is 0 Å². The van der Waals surface area contributed by atoms with Crippen molar-refractivity contribution in [3.63, 3.8) is 0 Å². The highest BCUT2D eigenvalue weighted by Crippen LogP contribution is 2.32. The fraction of sp³-hybridized carbons (Fsp3) is 0.571. The first-order valence-corrected chi connectivity index (χ1v) is 7.36. The Kier molecular flexibility index (Phi) is 3.93. The zero-order valence-corrected chi connectivity index (χ0v) is 12.4. The first-order chi connectivity index (χ1) is 8.98. The van der Waals surface area contributed by atoms with E-state index in [9.17, 15) is 10.1 Å². The lowest BCUT2D eigenvalue weighted by atomic mass is 9.90. The lowest BCUT2D eigenvalue weighted by molar-refractivity contribution is -0.122. The number of thiophene rings is 1. The second-order valence-electron chi connectivity index (χ2n) is 5.27. The third-order valence-corrected chi connectivity index (χ3v) is 4.97. The number of carbonyl (C=O) groups is 1. The molecule has 1 fully saturated rings. The molecule has 102 valence electrons. The summed E-state index contributed by atoms with van der Waals surface area (Å²) in [6, 6.07) is 2.18. The zero-order chi connectivity index (χ0) is 14.0. The number of hydrogen-bond acceptors (Lipinski definition) is 4. The number of piperidine rings is 1. The van der Waals surface area contributed by atoms with Gasteiger partial charge in [-0.1, -0.05) is 0 Å². The predicted molar refractivity (Wildman–Crippen MR) is 77.4 cm³/mol. The maximum absolute atomic E-state index is 12.4. The van der Waals surface area contributed by atoms with Gasteiger partial charge in [0.1, 0.15) is 11.1 Å². The van der Waals surface area contributed by atoms with E-state index in [0.717, 1.165) is 36.2 Å². The molecule has 0 radical (unpaired) electrons. The highest BCUT2D eigenvalue weighted by atomic mass is 32.1. The molecule has 1 aliphatic rings. The molecule has 0 bridgehead atoms. The Morgan fingerprint density at radius 2 is 2.21 bits per heavy atom. The first-order valence-electron chi connectivity index (χ1n) is 6.54. The van der Waals surface area contributed by atoms with Crippen molar-refractivity contribution in [2.45, 2.75) is 45.6 Å². The van der Waals surface area contributed by atoms with Crippen molar-refractivity contribution >= 4 is 22.2 Å². The monoisotopic (exact) mass is 277 g/mol. The van der Waals surface area contributed by atoms with Crippen molar-refractivity contribution in [3.8, 4) is 6.07 Å². The summed E-state index contributed by atoms with van der Waals surface area (Å²) in [4.78, 5) is 13.5. The van der Waals surface area contributed by atoms with Crippen LogP contribution in [0.5, 0.6) is 0 Å². The molecule has 1 aromatic heterocycles. The van der Waals surface area contributed by atoms with Crippen molar-refractivity contribution in [1.82, 2.24) is 5.32 Å². The summed E-state index contributed by atoms with van der Waals surface area (Å²) >= 11 is 1.47. The van der Waals surface area contributed by atoms with E-state index in [-0.39, 0.29) is 5.91 Å². The summed E-state index contributed by atoms with van der Waals surface area (Å²) in [5.74, 6) is -0.0371. The van der Waals surface area contributed by atoms with Crippen molar-refractivity contribution in [3.05, 3.63) is 16.0 Å². The van der Waals surface area contributed by atoms with Crippen molar-refractivity contribution < 1.29 is 4.79 Å². The molecule has 1 amide bonds. The number of carbonyl (C=O) groups excluding carboxylic acids is 1. The molecule has 0 aliphatic carbocycles. The number of nitriles is 1. The second kappa shape index (κ2) is 5.32. The van der Waals surface area contributed by atoms with E-state index in [1.807, 2.05) is 20.8 Å².